The van der Waals surface area contributed by atoms with Crippen molar-refractivity contribution in [2.45, 2.75) is 6.61 Å². The van der Waals surface area contributed by atoms with Crippen LogP contribution in [0.25, 0.3) is 11.3 Å². The van der Waals surface area contributed by atoms with Crippen molar-refractivity contribution in [3.05, 3.63) is 59.7 Å². The second-order valence-corrected chi connectivity index (χ2v) is 4.99. The molecule has 0 fully saturated rings. The van der Waals surface area contributed by atoms with Crippen LogP contribution in [0.15, 0.2) is 42.6 Å². The van der Waals surface area contributed by atoms with E-state index in [2.05, 4.69) is 15.3 Å². The molecule has 0 amide bonds. The van der Waals surface area contributed by atoms with Gasteiger partial charge in [0.25, 0.3) is 0 Å². The number of hydrogen-bond acceptors (Lipinski definition) is 5. The van der Waals surface area contributed by atoms with Crippen LogP contribution in [-0.2, 0) is 13.7 Å². The minimum absolute atomic E-state index is 0.0801. The summed E-state index contributed by atoms with van der Waals surface area (Å²) in [5.74, 6) is -1.10. The standard InChI is InChI=1S/C16H13FN4O3/c1-21-13(9-24-14-7-4-11(8-18-14)16(22)23)15(19-20-21)10-2-5-12(17)6-3-10/h2-8H,9H2,1H3,(H,22,23). The van der Waals surface area contributed by atoms with Crippen LogP contribution >= 0.6 is 0 Å². The number of halogens is 1. The Bertz CT molecular complexity index is 860. The van der Waals surface area contributed by atoms with Gasteiger partial charge in [0.15, 0.2) is 0 Å². The Morgan fingerprint density at radius 2 is 2.00 bits per heavy atom. The van der Waals surface area contributed by atoms with E-state index in [1.807, 2.05) is 0 Å². The highest BCUT2D eigenvalue weighted by molar-refractivity contribution is 5.87. The summed E-state index contributed by atoms with van der Waals surface area (Å²) in [4.78, 5) is 14.7. The Morgan fingerprint density at radius 1 is 1.25 bits per heavy atom. The minimum atomic E-state index is -1.05. The third-order valence-corrected chi connectivity index (χ3v) is 3.40. The SMILES string of the molecule is Cn1nnc(-c2ccc(F)cc2)c1COc1ccc(C(=O)O)cn1. The summed E-state index contributed by atoms with van der Waals surface area (Å²) in [5, 5.41) is 16.9. The van der Waals surface area contributed by atoms with Crippen molar-refractivity contribution in [1.29, 1.82) is 0 Å². The van der Waals surface area contributed by atoms with Gasteiger partial charge in [-0.25, -0.2) is 18.9 Å². The highest BCUT2D eigenvalue weighted by Crippen LogP contribution is 2.22. The topological polar surface area (TPSA) is 90.1 Å². The number of pyridine rings is 1. The predicted octanol–water partition coefficient (Wildman–Crippen LogP) is 2.29. The van der Waals surface area contributed by atoms with Gasteiger partial charge in [-0.3, -0.25) is 0 Å². The van der Waals surface area contributed by atoms with E-state index in [4.69, 9.17) is 9.84 Å². The molecule has 0 atom stereocenters. The Labute approximate surface area is 136 Å². The van der Waals surface area contributed by atoms with Gasteiger partial charge in [-0.05, 0) is 30.3 Å². The van der Waals surface area contributed by atoms with Gasteiger partial charge in [-0.15, -0.1) is 5.10 Å². The van der Waals surface area contributed by atoms with Crippen LogP contribution < -0.4 is 4.74 Å². The van der Waals surface area contributed by atoms with E-state index < -0.39 is 5.97 Å². The Morgan fingerprint density at radius 3 is 2.62 bits per heavy atom. The number of carboxylic acid groups (broad SMARTS) is 1. The molecule has 1 N–H and O–H groups in total. The van der Waals surface area contributed by atoms with Crippen LogP contribution in [0.2, 0.25) is 0 Å². The Balaban J connectivity index is 1.79. The number of hydrogen-bond donors (Lipinski definition) is 1. The molecule has 2 heterocycles. The molecule has 8 heteroatoms. The number of aromatic carboxylic acids is 1. The Hall–Kier alpha value is -3.29. The molecule has 0 saturated heterocycles. The van der Waals surface area contributed by atoms with Crippen LogP contribution in [-0.4, -0.2) is 31.1 Å². The third-order valence-electron chi connectivity index (χ3n) is 3.40. The van der Waals surface area contributed by atoms with Crippen molar-refractivity contribution in [3.8, 4) is 17.1 Å². The largest absolute Gasteiger partial charge is 0.478 e. The first-order chi connectivity index (χ1) is 11.5. The van der Waals surface area contributed by atoms with Crippen molar-refractivity contribution >= 4 is 5.97 Å². The summed E-state index contributed by atoms with van der Waals surface area (Å²) >= 11 is 0. The van der Waals surface area contributed by atoms with Crippen LogP contribution in [0.3, 0.4) is 0 Å². The molecule has 2 aromatic heterocycles. The van der Waals surface area contributed by atoms with Gasteiger partial charge in [0.05, 0.1) is 5.56 Å². The molecule has 0 spiro atoms. The lowest BCUT2D eigenvalue weighted by Gasteiger charge is -2.07. The molecule has 3 rings (SSSR count). The van der Waals surface area contributed by atoms with Crippen molar-refractivity contribution in [3.63, 3.8) is 0 Å². The zero-order valence-electron chi connectivity index (χ0n) is 12.7. The van der Waals surface area contributed by atoms with E-state index in [1.54, 1.807) is 23.9 Å². The summed E-state index contributed by atoms with van der Waals surface area (Å²) < 4.78 is 20.2. The molecule has 0 unspecified atom stereocenters. The molecule has 0 bridgehead atoms. The van der Waals surface area contributed by atoms with Gasteiger partial charge in [-0.2, -0.15) is 0 Å². The smallest absolute Gasteiger partial charge is 0.337 e. The second-order valence-electron chi connectivity index (χ2n) is 4.99. The summed E-state index contributed by atoms with van der Waals surface area (Å²) in [6.07, 6.45) is 1.22. The van der Waals surface area contributed by atoms with E-state index in [1.165, 1.54) is 30.5 Å². The molecule has 0 aliphatic heterocycles. The van der Waals surface area contributed by atoms with Crippen molar-refractivity contribution in [1.82, 2.24) is 20.0 Å². The maximum Gasteiger partial charge on any atom is 0.337 e. The van der Waals surface area contributed by atoms with Gasteiger partial charge >= 0.3 is 5.97 Å². The summed E-state index contributed by atoms with van der Waals surface area (Å²) in [5.41, 5.74) is 2.07. The number of aromatic nitrogens is 4. The maximum absolute atomic E-state index is 13.1. The zero-order valence-corrected chi connectivity index (χ0v) is 12.7. The lowest BCUT2D eigenvalue weighted by molar-refractivity contribution is 0.0696. The normalized spacial score (nSPS) is 10.6. The van der Waals surface area contributed by atoms with Gasteiger partial charge in [-0.1, -0.05) is 5.21 Å². The molecular weight excluding hydrogens is 315 g/mol. The molecule has 7 nitrogen and oxygen atoms in total. The van der Waals surface area contributed by atoms with E-state index >= 15 is 0 Å². The molecule has 0 aliphatic rings. The van der Waals surface area contributed by atoms with Crippen LogP contribution in [0.4, 0.5) is 4.39 Å². The lowest BCUT2D eigenvalue weighted by atomic mass is 10.1. The molecule has 3 aromatic rings. The molecule has 122 valence electrons. The van der Waals surface area contributed by atoms with E-state index in [0.717, 1.165) is 5.56 Å². The fourth-order valence-electron chi connectivity index (χ4n) is 2.11. The molecule has 0 radical (unpaired) electrons. The predicted molar refractivity (Wildman–Crippen MR) is 81.9 cm³/mol. The number of ether oxygens (including phenoxy) is 1. The number of rotatable bonds is 5. The van der Waals surface area contributed by atoms with Crippen LogP contribution in [0, 0.1) is 5.82 Å². The summed E-state index contributed by atoms with van der Waals surface area (Å²) in [6, 6.07) is 8.81. The average molecular weight is 328 g/mol. The maximum atomic E-state index is 13.1. The minimum Gasteiger partial charge on any atom is -0.478 e. The number of benzene rings is 1. The summed E-state index contributed by atoms with van der Waals surface area (Å²) in [7, 11) is 1.72. The first kappa shape index (κ1) is 15.6. The third kappa shape index (κ3) is 3.22. The van der Waals surface area contributed by atoms with Crippen LogP contribution in [0.1, 0.15) is 16.1 Å². The van der Waals surface area contributed by atoms with E-state index in [-0.39, 0.29) is 23.9 Å². The molecule has 1 aromatic carbocycles. The summed E-state index contributed by atoms with van der Waals surface area (Å²) in [6.45, 7) is 0.135. The Kier molecular flexibility index (Phi) is 4.19. The van der Waals surface area contributed by atoms with Crippen molar-refractivity contribution in [2.75, 3.05) is 0 Å². The van der Waals surface area contributed by atoms with Gasteiger partial charge in [0.2, 0.25) is 5.88 Å². The number of carboxylic acids is 1. The van der Waals surface area contributed by atoms with E-state index in [0.29, 0.717) is 11.4 Å². The van der Waals surface area contributed by atoms with Crippen LogP contribution in [0.5, 0.6) is 5.88 Å². The first-order valence-electron chi connectivity index (χ1n) is 7.01. The fraction of sp³-hybridized carbons (Fsp3) is 0.125. The van der Waals surface area contributed by atoms with Gasteiger partial charge < -0.3 is 9.84 Å². The quantitative estimate of drug-likeness (QED) is 0.773. The second kappa shape index (κ2) is 6.45. The lowest BCUT2D eigenvalue weighted by Crippen LogP contribution is -2.05. The highest BCUT2D eigenvalue weighted by atomic mass is 19.1. The molecule has 0 aliphatic carbocycles. The van der Waals surface area contributed by atoms with E-state index in [9.17, 15) is 9.18 Å². The number of aryl methyl sites for hydroxylation is 1. The molecule has 0 saturated carbocycles. The number of nitrogens with zero attached hydrogens (tertiary/aromatic N) is 4. The fourth-order valence-corrected chi connectivity index (χ4v) is 2.11. The van der Waals surface area contributed by atoms with Gasteiger partial charge in [0.1, 0.15) is 23.8 Å². The highest BCUT2D eigenvalue weighted by Gasteiger charge is 2.14. The first-order valence-corrected chi connectivity index (χ1v) is 7.01. The molecular formula is C16H13FN4O3. The molecule has 24 heavy (non-hydrogen) atoms. The average Bonchev–Trinajstić information content (AvgIpc) is 2.95. The monoisotopic (exact) mass is 328 g/mol. The van der Waals surface area contributed by atoms with Crippen molar-refractivity contribution in [2.24, 2.45) is 7.05 Å². The zero-order chi connectivity index (χ0) is 17.1. The van der Waals surface area contributed by atoms with Crippen molar-refractivity contribution < 1.29 is 19.0 Å². The van der Waals surface area contributed by atoms with Gasteiger partial charge in [0, 0.05) is 24.9 Å². The number of carbonyl (C=O) groups is 1.